The van der Waals surface area contributed by atoms with Crippen molar-refractivity contribution in [3.8, 4) is 5.75 Å². The number of benzene rings is 1. The average molecular weight is 310 g/mol. The zero-order valence-corrected chi connectivity index (χ0v) is 13.6. The summed E-state index contributed by atoms with van der Waals surface area (Å²) in [4.78, 5) is 14.5. The maximum atomic E-state index is 12.6. The van der Waals surface area contributed by atoms with Crippen LogP contribution in [0, 0.1) is 0 Å². The summed E-state index contributed by atoms with van der Waals surface area (Å²) < 4.78 is 5.85. The number of halogens is 1. The van der Waals surface area contributed by atoms with E-state index in [0.717, 1.165) is 12.8 Å². The van der Waals surface area contributed by atoms with E-state index in [-0.39, 0.29) is 5.91 Å². The van der Waals surface area contributed by atoms with Crippen molar-refractivity contribution in [3.05, 3.63) is 29.3 Å². The van der Waals surface area contributed by atoms with Crippen molar-refractivity contribution in [2.24, 2.45) is 0 Å². The van der Waals surface area contributed by atoms with Gasteiger partial charge in [-0.2, -0.15) is 0 Å². The highest BCUT2D eigenvalue weighted by atomic mass is 35.5. The largest absolute Gasteiger partial charge is 0.479 e. The molecule has 1 fully saturated rings. The van der Waals surface area contributed by atoms with Gasteiger partial charge in [0.25, 0.3) is 5.91 Å². The summed E-state index contributed by atoms with van der Waals surface area (Å²) in [5, 5.41) is 0.545. The minimum Gasteiger partial charge on any atom is -0.479 e. The molecule has 0 spiro atoms. The minimum atomic E-state index is -0.461. The number of hydrogen-bond acceptors (Lipinski definition) is 2. The highest BCUT2D eigenvalue weighted by Gasteiger charge is 2.28. The molecule has 0 heterocycles. The molecule has 1 aromatic rings. The van der Waals surface area contributed by atoms with Gasteiger partial charge in [-0.1, -0.05) is 49.9 Å². The van der Waals surface area contributed by atoms with Crippen LogP contribution in [0.5, 0.6) is 5.75 Å². The molecule has 0 aromatic heterocycles. The highest BCUT2D eigenvalue weighted by molar-refractivity contribution is 6.32. The number of likely N-dealkylation sites (N-methyl/N-ethyl adjacent to an activating group) is 1. The van der Waals surface area contributed by atoms with Crippen LogP contribution in [0.1, 0.15) is 45.4 Å². The maximum absolute atomic E-state index is 12.6. The summed E-state index contributed by atoms with van der Waals surface area (Å²) in [7, 11) is 1.90. The summed E-state index contributed by atoms with van der Waals surface area (Å²) in [6.07, 6.45) is 6.09. The van der Waals surface area contributed by atoms with Crippen molar-refractivity contribution in [3.63, 3.8) is 0 Å². The number of carbonyl (C=O) groups excluding carboxylic acids is 1. The van der Waals surface area contributed by atoms with E-state index in [1.165, 1.54) is 19.3 Å². The van der Waals surface area contributed by atoms with E-state index < -0.39 is 6.10 Å². The first-order valence-electron chi connectivity index (χ1n) is 7.81. The number of nitrogens with zero attached hydrogens (tertiary/aromatic N) is 1. The van der Waals surface area contributed by atoms with Crippen LogP contribution < -0.4 is 4.74 Å². The van der Waals surface area contributed by atoms with E-state index in [1.807, 2.05) is 31.0 Å². The molecule has 0 saturated heterocycles. The molecule has 0 bridgehead atoms. The summed E-state index contributed by atoms with van der Waals surface area (Å²) in [5.74, 6) is 0.640. The first-order valence-corrected chi connectivity index (χ1v) is 8.19. The second-order valence-electron chi connectivity index (χ2n) is 5.69. The summed E-state index contributed by atoms with van der Waals surface area (Å²) in [5.41, 5.74) is 0. The number of para-hydroxylation sites is 1. The third-order valence-electron chi connectivity index (χ3n) is 4.22. The number of rotatable bonds is 5. The first-order chi connectivity index (χ1) is 10.1. The Hall–Kier alpha value is -1.22. The fraction of sp³-hybridized carbons (Fsp3) is 0.588. The molecule has 1 saturated carbocycles. The van der Waals surface area contributed by atoms with E-state index >= 15 is 0 Å². The number of hydrogen-bond donors (Lipinski definition) is 0. The Morgan fingerprint density at radius 3 is 2.62 bits per heavy atom. The van der Waals surface area contributed by atoms with E-state index in [0.29, 0.717) is 23.2 Å². The lowest BCUT2D eigenvalue weighted by atomic mass is 9.94. The highest BCUT2D eigenvalue weighted by Crippen LogP contribution is 2.26. The normalized spacial score (nSPS) is 17.3. The van der Waals surface area contributed by atoms with Crippen LogP contribution in [-0.2, 0) is 4.79 Å². The monoisotopic (exact) mass is 309 g/mol. The van der Waals surface area contributed by atoms with Crippen molar-refractivity contribution in [1.82, 2.24) is 4.90 Å². The second-order valence-corrected chi connectivity index (χ2v) is 6.09. The van der Waals surface area contributed by atoms with E-state index in [4.69, 9.17) is 16.3 Å². The van der Waals surface area contributed by atoms with Crippen LogP contribution in [0.2, 0.25) is 5.02 Å². The number of ether oxygens (including phenoxy) is 1. The average Bonchev–Trinajstić information content (AvgIpc) is 2.53. The molecule has 116 valence electrons. The predicted molar refractivity (Wildman–Crippen MR) is 85.8 cm³/mol. The Balaban J connectivity index is 2.02. The topological polar surface area (TPSA) is 29.5 Å². The van der Waals surface area contributed by atoms with E-state index in [9.17, 15) is 4.79 Å². The molecular weight excluding hydrogens is 286 g/mol. The second kappa shape index (κ2) is 7.69. The Bertz CT molecular complexity index is 472. The van der Waals surface area contributed by atoms with E-state index in [2.05, 4.69) is 0 Å². The SMILES string of the molecule is CCC(Oc1ccccc1Cl)C(=O)N(C)C1CCCCC1. The van der Waals surface area contributed by atoms with Crippen LogP contribution in [0.4, 0.5) is 0 Å². The molecule has 3 nitrogen and oxygen atoms in total. The van der Waals surface area contributed by atoms with E-state index in [1.54, 1.807) is 12.1 Å². The van der Waals surface area contributed by atoms with Gasteiger partial charge in [0.05, 0.1) is 5.02 Å². The number of amides is 1. The van der Waals surface area contributed by atoms with Crippen LogP contribution in [0.15, 0.2) is 24.3 Å². The van der Waals surface area contributed by atoms with Crippen molar-refractivity contribution < 1.29 is 9.53 Å². The minimum absolute atomic E-state index is 0.0596. The van der Waals surface area contributed by atoms with Gasteiger partial charge in [0, 0.05) is 13.1 Å². The quantitative estimate of drug-likeness (QED) is 0.812. The molecule has 4 heteroatoms. The molecule has 1 unspecified atom stereocenters. The van der Waals surface area contributed by atoms with Gasteiger partial charge >= 0.3 is 0 Å². The standard InChI is InChI=1S/C17H24ClNO2/c1-3-15(21-16-12-8-7-11-14(16)18)17(20)19(2)13-9-5-4-6-10-13/h7-8,11-13,15H,3-6,9-10H2,1-2H3. The summed E-state index contributed by atoms with van der Waals surface area (Å²) >= 11 is 6.11. The molecule has 1 aliphatic carbocycles. The molecule has 0 N–H and O–H groups in total. The Kier molecular flexibility index (Phi) is 5.92. The van der Waals surface area contributed by atoms with Gasteiger partial charge in [-0.05, 0) is 31.4 Å². The lowest BCUT2D eigenvalue weighted by molar-refractivity contribution is -0.140. The third kappa shape index (κ3) is 4.13. The lowest BCUT2D eigenvalue weighted by Gasteiger charge is -2.33. The molecule has 0 aliphatic heterocycles. The Morgan fingerprint density at radius 2 is 2.00 bits per heavy atom. The van der Waals surface area contributed by atoms with Crippen LogP contribution in [0.3, 0.4) is 0 Å². The molecular formula is C17H24ClNO2. The van der Waals surface area contributed by atoms with Crippen molar-refractivity contribution >= 4 is 17.5 Å². The molecule has 1 aromatic carbocycles. The van der Waals surface area contributed by atoms with Gasteiger partial charge in [0.1, 0.15) is 5.75 Å². The zero-order valence-electron chi connectivity index (χ0n) is 12.8. The fourth-order valence-electron chi connectivity index (χ4n) is 2.88. The fourth-order valence-corrected chi connectivity index (χ4v) is 3.06. The van der Waals surface area contributed by atoms with Crippen LogP contribution in [0.25, 0.3) is 0 Å². The third-order valence-corrected chi connectivity index (χ3v) is 4.53. The smallest absolute Gasteiger partial charge is 0.263 e. The van der Waals surface area contributed by atoms with Crippen LogP contribution in [-0.4, -0.2) is 30.0 Å². The van der Waals surface area contributed by atoms with Crippen molar-refractivity contribution in [2.75, 3.05) is 7.05 Å². The summed E-state index contributed by atoms with van der Waals surface area (Å²) in [6, 6.07) is 7.66. The molecule has 1 atom stereocenters. The first kappa shape index (κ1) is 16.2. The van der Waals surface area contributed by atoms with Crippen molar-refractivity contribution in [2.45, 2.75) is 57.6 Å². The Labute approximate surface area is 132 Å². The number of carbonyl (C=O) groups is 1. The van der Waals surface area contributed by atoms with Crippen LogP contribution >= 0.6 is 11.6 Å². The zero-order chi connectivity index (χ0) is 15.2. The maximum Gasteiger partial charge on any atom is 0.263 e. The van der Waals surface area contributed by atoms with Gasteiger partial charge in [0.2, 0.25) is 0 Å². The van der Waals surface area contributed by atoms with Gasteiger partial charge in [-0.15, -0.1) is 0 Å². The van der Waals surface area contributed by atoms with Gasteiger partial charge in [-0.25, -0.2) is 0 Å². The molecule has 1 amide bonds. The van der Waals surface area contributed by atoms with Crippen molar-refractivity contribution in [1.29, 1.82) is 0 Å². The van der Waals surface area contributed by atoms with Gasteiger partial charge in [0.15, 0.2) is 6.10 Å². The predicted octanol–water partition coefficient (Wildman–Crippen LogP) is 4.29. The molecule has 2 rings (SSSR count). The van der Waals surface area contributed by atoms with Gasteiger partial charge in [-0.3, -0.25) is 4.79 Å². The lowest BCUT2D eigenvalue weighted by Crippen LogP contribution is -2.45. The Morgan fingerprint density at radius 1 is 1.33 bits per heavy atom. The van der Waals surface area contributed by atoms with Gasteiger partial charge < -0.3 is 9.64 Å². The molecule has 0 radical (unpaired) electrons. The molecule has 21 heavy (non-hydrogen) atoms. The molecule has 1 aliphatic rings. The summed E-state index contributed by atoms with van der Waals surface area (Å²) in [6.45, 7) is 1.97.